The number of para-hydroxylation sites is 1. The average molecular weight is 371 g/mol. The van der Waals surface area contributed by atoms with Crippen LogP contribution in [-0.4, -0.2) is 46.2 Å². The number of hydrogen-bond acceptors (Lipinski definition) is 5. The molecular weight excluding hydrogens is 346 g/mol. The molecule has 0 aromatic heterocycles. The Hall–Kier alpha value is -3.22. The molecule has 7 heteroatoms. The van der Waals surface area contributed by atoms with Crippen LogP contribution in [0.15, 0.2) is 42.5 Å². The maximum Gasteiger partial charge on any atom is 0.253 e. The van der Waals surface area contributed by atoms with Gasteiger partial charge < -0.3 is 25.4 Å². The van der Waals surface area contributed by atoms with Crippen molar-refractivity contribution in [2.24, 2.45) is 0 Å². The fourth-order valence-corrected chi connectivity index (χ4v) is 2.59. The van der Waals surface area contributed by atoms with Crippen LogP contribution in [0, 0.1) is 0 Å². The number of carbonyl (C=O) groups is 2. The first-order chi connectivity index (χ1) is 13.1. The van der Waals surface area contributed by atoms with Crippen LogP contribution in [0.25, 0.3) is 0 Å². The van der Waals surface area contributed by atoms with E-state index in [0.29, 0.717) is 35.7 Å². The maximum atomic E-state index is 12.1. The first-order valence-electron chi connectivity index (χ1n) is 8.61. The summed E-state index contributed by atoms with van der Waals surface area (Å²) in [7, 11) is 4.75. The lowest BCUT2D eigenvalue weighted by molar-refractivity contribution is -0.119. The number of hydrogen-bond donors (Lipinski definition) is 3. The summed E-state index contributed by atoms with van der Waals surface area (Å²) < 4.78 is 10.5. The summed E-state index contributed by atoms with van der Waals surface area (Å²) in [5, 5.41) is 8.44. The smallest absolute Gasteiger partial charge is 0.253 e. The van der Waals surface area contributed by atoms with E-state index in [2.05, 4.69) is 16.0 Å². The fourth-order valence-electron chi connectivity index (χ4n) is 2.59. The molecule has 0 unspecified atom stereocenters. The molecule has 2 aromatic rings. The van der Waals surface area contributed by atoms with Crippen molar-refractivity contribution in [1.29, 1.82) is 0 Å². The lowest BCUT2D eigenvalue weighted by atomic mass is 10.1. The Morgan fingerprint density at radius 2 is 1.74 bits per heavy atom. The third kappa shape index (κ3) is 5.64. The molecule has 2 aromatic carbocycles. The predicted octanol–water partition coefficient (Wildman–Crippen LogP) is 1.83. The maximum absolute atomic E-state index is 12.1. The van der Waals surface area contributed by atoms with E-state index in [0.717, 1.165) is 5.56 Å². The quantitative estimate of drug-likeness (QED) is 0.626. The van der Waals surface area contributed by atoms with Crippen LogP contribution in [0.2, 0.25) is 0 Å². The van der Waals surface area contributed by atoms with Crippen LogP contribution >= 0.6 is 0 Å². The number of ether oxygens (including phenoxy) is 2. The second-order valence-electron chi connectivity index (χ2n) is 5.77. The zero-order valence-corrected chi connectivity index (χ0v) is 15.8. The minimum absolute atomic E-state index is 0.0833. The van der Waals surface area contributed by atoms with Gasteiger partial charge in [0.05, 0.1) is 26.3 Å². The van der Waals surface area contributed by atoms with E-state index < -0.39 is 0 Å². The van der Waals surface area contributed by atoms with Gasteiger partial charge >= 0.3 is 0 Å². The molecule has 0 radical (unpaired) electrons. The summed E-state index contributed by atoms with van der Waals surface area (Å²) in [6.07, 6.45) is 0.668. The minimum Gasteiger partial charge on any atom is -0.493 e. The van der Waals surface area contributed by atoms with Crippen LogP contribution in [0.1, 0.15) is 15.9 Å². The number of nitrogens with one attached hydrogen (secondary N) is 3. The fraction of sp³-hybridized carbons (Fsp3) is 0.300. The average Bonchev–Trinajstić information content (AvgIpc) is 2.71. The van der Waals surface area contributed by atoms with E-state index >= 15 is 0 Å². The number of methoxy groups -OCH3 is 2. The molecule has 0 saturated carbocycles. The Morgan fingerprint density at radius 3 is 2.44 bits per heavy atom. The molecule has 0 heterocycles. The SMILES string of the molecule is CNC(=O)c1ccccc1NCC(=O)NCCc1ccc(OC)c(OC)c1. The molecule has 7 nitrogen and oxygen atoms in total. The van der Waals surface area contributed by atoms with Gasteiger partial charge in [-0.05, 0) is 36.2 Å². The van der Waals surface area contributed by atoms with Crippen molar-refractivity contribution in [3.8, 4) is 11.5 Å². The van der Waals surface area contributed by atoms with Gasteiger partial charge in [-0.2, -0.15) is 0 Å². The number of carbonyl (C=O) groups excluding carboxylic acids is 2. The van der Waals surface area contributed by atoms with Gasteiger partial charge in [0.15, 0.2) is 11.5 Å². The second-order valence-corrected chi connectivity index (χ2v) is 5.77. The first-order valence-corrected chi connectivity index (χ1v) is 8.61. The van der Waals surface area contributed by atoms with E-state index in [1.165, 1.54) is 0 Å². The van der Waals surface area contributed by atoms with E-state index in [-0.39, 0.29) is 18.4 Å². The third-order valence-corrected chi connectivity index (χ3v) is 4.02. The molecule has 2 amide bonds. The highest BCUT2D eigenvalue weighted by Crippen LogP contribution is 2.27. The van der Waals surface area contributed by atoms with E-state index in [4.69, 9.17) is 9.47 Å². The topological polar surface area (TPSA) is 88.7 Å². The first kappa shape index (κ1) is 20.1. The number of anilines is 1. The Kier molecular flexibility index (Phi) is 7.49. The van der Waals surface area contributed by atoms with Crippen molar-refractivity contribution < 1.29 is 19.1 Å². The van der Waals surface area contributed by atoms with Crippen LogP contribution in [0.5, 0.6) is 11.5 Å². The van der Waals surface area contributed by atoms with Crippen molar-refractivity contribution >= 4 is 17.5 Å². The Labute approximate surface area is 159 Å². The van der Waals surface area contributed by atoms with Crippen molar-refractivity contribution in [3.63, 3.8) is 0 Å². The summed E-state index contributed by atoms with van der Waals surface area (Å²) in [6, 6.07) is 12.7. The highest BCUT2D eigenvalue weighted by molar-refractivity contribution is 5.99. The van der Waals surface area contributed by atoms with Gasteiger partial charge in [0.1, 0.15) is 0 Å². The van der Waals surface area contributed by atoms with Gasteiger partial charge in [-0.3, -0.25) is 9.59 Å². The van der Waals surface area contributed by atoms with Crippen LogP contribution < -0.4 is 25.4 Å². The van der Waals surface area contributed by atoms with Crippen LogP contribution in [0.3, 0.4) is 0 Å². The monoisotopic (exact) mass is 371 g/mol. The van der Waals surface area contributed by atoms with Crippen molar-refractivity contribution in [1.82, 2.24) is 10.6 Å². The summed E-state index contributed by atoms with van der Waals surface area (Å²) in [6.45, 7) is 0.576. The standard InChI is InChI=1S/C20H25N3O4/c1-21-20(25)15-6-4-5-7-16(15)23-13-19(24)22-11-10-14-8-9-17(26-2)18(12-14)27-3/h4-9,12,23H,10-11,13H2,1-3H3,(H,21,25)(H,22,24). The Bertz CT molecular complexity index is 793. The van der Waals surface area contributed by atoms with Gasteiger partial charge in [0.2, 0.25) is 5.91 Å². The molecule has 144 valence electrons. The van der Waals surface area contributed by atoms with Crippen molar-refractivity contribution in [2.75, 3.05) is 39.7 Å². The zero-order chi connectivity index (χ0) is 19.6. The largest absolute Gasteiger partial charge is 0.493 e. The Balaban J connectivity index is 1.83. The molecule has 0 aliphatic carbocycles. The van der Waals surface area contributed by atoms with Gasteiger partial charge in [-0.15, -0.1) is 0 Å². The molecule has 0 bridgehead atoms. The number of benzene rings is 2. The van der Waals surface area contributed by atoms with Crippen LogP contribution in [-0.2, 0) is 11.2 Å². The molecular formula is C20H25N3O4. The molecule has 2 rings (SSSR count). The zero-order valence-electron chi connectivity index (χ0n) is 15.8. The van der Waals surface area contributed by atoms with Gasteiger partial charge in [-0.1, -0.05) is 18.2 Å². The minimum atomic E-state index is -0.202. The Morgan fingerprint density at radius 1 is 1.00 bits per heavy atom. The molecule has 0 spiro atoms. The summed E-state index contributed by atoms with van der Waals surface area (Å²) in [4.78, 5) is 23.9. The molecule has 0 aliphatic heterocycles. The second kappa shape index (κ2) is 10.1. The third-order valence-electron chi connectivity index (χ3n) is 4.02. The van der Waals surface area contributed by atoms with Crippen molar-refractivity contribution in [3.05, 3.63) is 53.6 Å². The molecule has 0 atom stereocenters. The lowest BCUT2D eigenvalue weighted by Gasteiger charge is -2.12. The molecule has 3 N–H and O–H groups in total. The molecule has 27 heavy (non-hydrogen) atoms. The van der Waals surface area contributed by atoms with E-state index in [1.807, 2.05) is 24.3 Å². The number of amides is 2. The van der Waals surface area contributed by atoms with E-state index in [1.54, 1.807) is 39.5 Å². The van der Waals surface area contributed by atoms with Crippen LogP contribution in [0.4, 0.5) is 5.69 Å². The predicted molar refractivity (Wildman–Crippen MR) is 105 cm³/mol. The number of rotatable bonds is 9. The molecule has 0 fully saturated rings. The van der Waals surface area contributed by atoms with Gasteiger partial charge in [0.25, 0.3) is 5.91 Å². The summed E-state index contributed by atoms with van der Waals surface area (Å²) in [5.74, 6) is 0.979. The van der Waals surface area contributed by atoms with E-state index in [9.17, 15) is 9.59 Å². The van der Waals surface area contributed by atoms with Gasteiger partial charge in [0, 0.05) is 19.3 Å². The van der Waals surface area contributed by atoms with Gasteiger partial charge in [-0.25, -0.2) is 0 Å². The molecule has 0 saturated heterocycles. The molecule has 0 aliphatic rings. The summed E-state index contributed by atoms with van der Waals surface area (Å²) in [5.41, 5.74) is 2.15. The summed E-state index contributed by atoms with van der Waals surface area (Å²) >= 11 is 0. The highest BCUT2D eigenvalue weighted by atomic mass is 16.5. The normalized spacial score (nSPS) is 10.0. The lowest BCUT2D eigenvalue weighted by Crippen LogP contribution is -2.32. The highest BCUT2D eigenvalue weighted by Gasteiger charge is 2.10. The van der Waals surface area contributed by atoms with Crippen molar-refractivity contribution in [2.45, 2.75) is 6.42 Å².